The molecule has 0 aliphatic heterocycles. The predicted molar refractivity (Wildman–Crippen MR) is 69.9 cm³/mol. The van der Waals surface area contributed by atoms with Crippen molar-refractivity contribution in [3.63, 3.8) is 0 Å². The summed E-state index contributed by atoms with van der Waals surface area (Å²) < 4.78 is 0. The highest BCUT2D eigenvalue weighted by Gasteiger charge is 2.14. The van der Waals surface area contributed by atoms with E-state index in [1.807, 2.05) is 6.20 Å². The zero-order valence-corrected chi connectivity index (χ0v) is 11.1. The third kappa shape index (κ3) is 2.35. The lowest BCUT2D eigenvalue weighted by Gasteiger charge is -2.14. The van der Waals surface area contributed by atoms with Crippen LogP contribution >= 0.6 is 15.9 Å². The Bertz CT molecular complexity index is 443. The SMILES string of the molecule is Cc1cccc(C)c1C(Br)Cc1ncc[nH]1. The van der Waals surface area contributed by atoms with Gasteiger partial charge >= 0.3 is 0 Å². The number of H-pyrrole nitrogens is 1. The number of aromatic nitrogens is 2. The fourth-order valence-corrected chi connectivity index (χ4v) is 3.03. The smallest absolute Gasteiger partial charge is 0.107 e. The van der Waals surface area contributed by atoms with Gasteiger partial charge in [0.15, 0.2) is 0 Å². The van der Waals surface area contributed by atoms with Crippen molar-refractivity contribution >= 4 is 15.9 Å². The minimum Gasteiger partial charge on any atom is -0.349 e. The summed E-state index contributed by atoms with van der Waals surface area (Å²) in [6.45, 7) is 4.30. The van der Waals surface area contributed by atoms with E-state index in [9.17, 15) is 0 Å². The molecule has 0 bridgehead atoms. The summed E-state index contributed by atoms with van der Waals surface area (Å²) in [5, 5.41) is 0. The lowest BCUT2D eigenvalue weighted by atomic mass is 9.98. The molecule has 84 valence electrons. The number of hydrogen-bond donors (Lipinski definition) is 1. The molecule has 16 heavy (non-hydrogen) atoms. The molecule has 0 saturated heterocycles. The van der Waals surface area contributed by atoms with Crippen molar-refractivity contribution < 1.29 is 0 Å². The Labute approximate surface area is 104 Å². The van der Waals surface area contributed by atoms with Crippen molar-refractivity contribution in [3.8, 4) is 0 Å². The number of nitrogens with one attached hydrogen (secondary N) is 1. The monoisotopic (exact) mass is 278 g/mol. The Hall–Kier alpha value is -1.09. The Morgan fingerprint density at radius 3 is 2.56 bits per heavy atom. The van der Waals surface area contributed by atoms with E-state index in [1.54, 1.807) is 6.20 Å². The van der Waals surface area contributed by atoms with Crippen LogP contribution in [0.2, 0.25) is 0 Å². The lowest BCUT2D eigenvalue weighted by Crippen LogP contribution is -2.01. The molecule has 0 aliphatic rings. The van der Waals surface area contributed by atoms with Gasteiger partial charge < -0.3 is 4.98 Å². The van der Waals surface area contributed by atoms with Crippen molar-refractivity contribution in [2.75, 3.05) is 0 Å². The largest absolute Gasteiger partial charge is 0.349 e. The Kier molecular flexibility index (Phi) is 3.44. The molecule has 3 heteroatoms. The van der Waals surface area contributed by atoms with Gasteiger partial charge in [0.1, 0.15) is 5.82 Å². The van der Waals surface area contributed by atoms with Crippen LogP contribution in [0.3, 0.4) is 0 Å². The molecular weight excluding hydrogens is 264 g/mol. The first-order valence-corrected chi connectivity index (χ1v) is 6.28. The van der Waals surface area contributed by atoms with Gasteiger partial charge in [-0.15, -0.1) is 0 Å². The Morgan fingerprint density at radius 1 is 1.31 bits per heavy atom. The van der Waals surface area contributed by atoms with Crippen LogP contribution in [0.15, 0.2) is 30.6 Å². The van der Waals surface area contributed by atoms with Crippen molar-refractivity contribution in [2.45, 2.75) is 25.1 Å². The third-order valence-electron chi connectivity index (χ3n) is 2.78. The van der Waals surface area contributed by atoms with E-state index in [0.29, 0.717) is 4.83 Å². The highest BCUT2D eigenvalue weighted by Crippen LogP contribution is 2.31. The molecule has 0 amide bonds. The maximum Gasteiger partial charge on any atom is 0.107 e. The number of aromatic amines is 1. The first-order valence-electron chi connectivity index (χ1n) is 5.37. The standard InChI is InChI=1S/C13H15BrN2/c1-9-4-3-5-10(2)13(9)11(14)8-12-15-6-7-16-12/h3-7,11H,8H2,1-2H3,(H,15,16). The molecule has 0 aliphatic carbocycles. The van der Waals surface area contributed by atoms with Crippen molar-refractivity contribution in [1.82, 2.24) is 9.97 Å². The topological polar surface area (TPSA) is 28.7 Å². The molecule has 2 rings (SSSR count). The molecule has 1 unspecified atom stereocenters. The Balaban J connectivity index is 2.24. The fourth-order valence-electron chi connectivity index (χ4n) is 2.00. The number of hydrogen-bond acceptors (Lipinski definition) is 1. The second kappa shape index (κ2) is 4.83. The van der Waals surface area contributed by atoms with Crippen LogP contribution in [-0.4, -0.2) is 9.97 Å². The van der Waals surface area contributed by atoms with Gasteiger partial charge in [0.05, 0.1) is 0 Å². The van der Waals surface area contributed by atoms with Crippen LogP contribution in [0.5, 0.6) is 0 Å². The summed E-state index contributed by atoms with van der Waals surface area (Å²) >= 11 is 3.75. The maximum atomic E-state index is 4.26. The quantitative estimate of drug-likeness (QED) is 0.852. The summed E-state index contributed by atoms with van der Waals surface area (Å²) in [6, 6.07) is 6.40. The van der Waals surface area contributed by atoms with E-state index < -0.39 is 0 Å². The number of alkyl halides is 1. The van der Waals surface area contributed by atoms with Crippen LogP contribution in [-0.2, 0) is 6.42 Å². The van der Waals surface area contributed by atoms with Crippen molar-refractivity contribution in [3.05, 3.63) is 53.1 Å². The summed E-state index contributed by atoms with van der Waals surface area (Å²) in [6.07, 6.45) is 4.54. The predicted octanol–water partition coefficient (Wildman–Crippen LogP) is 3.71. The molecule has 2 aromatic rings. The highest BCUT2D eigenvalue weighted by atomic mass is 79.9. The van der Waals surface area contributed by atoms with E-state index >= 15 is 0 Å². The maximum absolute atomic E-state index is 4.26. The Morgan fingerprint density at radius 2 is 2.00 bits per heavy atom. The van der Waals surface area contributed by atoms with Gasteiger partial charge in [0.25, 0.3) is 0 Å². The van der Waals surface area contributed by atoms with Gasteiger partial charge in [0, 0.05) is 23.6 Å². The zero-order valence-electron chi connectivity index (χ0n) is 9.50. The number of aryl methyl sites for hydroxylation is 2. The first-order chi connectivity index (χ1) is 7.68. The molecule has 1 N–H and O–H groups in total. The summed E-state index contributed by atoms with van der Waals surface area (Å²) in [5.41, 5.74) is 4.03. The van der Waals surface area contributed by atoms with E-state index in [2.05, 4.69) is 57.9 Å². The molecule has 1 aromatic carbocycles. The minimum atomic E-state index is 0.319. The number of halogens is 1. The van der Waals surface area contributed by atoms with Gasteiger partial charge in [-0.05, 0) is 30.5 Å². The highest BCUT2D eigenvalue weighted by molar-refractivity contribution is 9.09. The van der Waals surface area contributed by atoms with Crippen LogP contribution in [0.4, 0.5) is 0 Å². The van der Waals surface area contributed by atoms with Gasteiger partial charge in [0.2, 0.25) is 0 Å². The van der Waals surface area contributed by atoms with Gasteiger partial charge in [-0.1, -0.05) is 34.1 Å². The molecule has 1 heterocycles. The normalized spacial score (nSPS) is 12.7. The number of imidazole rings is 1. The fraction of sp³-hybridized carbons (Fsp3) is 0.308. The number of rotatable bonds is 3. The molecule has 0 fully saturated rings. The second-order valence-corrected chi connectivity index (χ2v) is 5.12. The van der Waals surface area contributed by atoms with Gasteiger partial charge in [-0.2, -0.15) is 0 Å². The van der Waals surface area contributed by atoms with Gasteiger partial charge in [-0.25, -0.2) is 4.98 Å². The number of nitrogens with zero attached hydrogens (tertiary/aromatic N) is 1. The van der Waals surface area contributed by atoms with E-state index in [-0.39, 0.29) is 0 Å². The van der Waals surface area contributed by atoms with Crippen molar-refractivity contribution in [1.29, 1.82) is 0 Å². The van der Waals surface area contributed by atoms with Crippen LogP contribution in [0.1, 0.15) is 27.3 Å². The minimum absolute atomic E-state index is 0.319. The first kappa shape index (κ1) is 11.4. The molecule has 2 nitrogen and oxygen atoms in total. The molecule has 0 radical (unpaired) electrons. The zero-order chi connectivity index (χ0) is 11.5. The van der Waals surface area contributed by atoms with Crippen LogP contribution in [0.25, 0.3) is 0 Å². The van der Waals surface area contributed by atoms with Crippen molar-refractivity contribution in [2.24, 2.45) is 0 Å². The molecule has 0 spiro atoms. The second-order valence-electron chi connectivity index (χ2n) is 4.01. The summed E-state index contributed by atoms with van der Waals surface area (Å²) in [4.78, 5) is 7.71. The molecule has 1 aromatic heterocycles. The molecule has 1 atom stereocenters. The van der Waals surface area contributed by atoms with E-state index in [4.69, 9.17) is 0 Å². The average molecular weight is 279 g/mol. The molecule has 0 saturated carbocycles. The third-order valence-corrected chi connectivity index (χ3v) is 3.56. The number of benzene rings is 1. The van der Waals surface area contributed by atoms with E-state index in [1.165, 1.54) is 16.7 Å². The average Bonchev–Trinajstić information content (AvgIpc) is 2.70. The lowest BCUT2D eigenvalue weighted by molar-refractivity contribution is 0.864. The summed E-state index contributed by atoms with van der Waals surface area (Å²) in [5.74, 6) is 1.02. The van der Waals surface area contributed by atoms with Crippen LogP contribution < -0.4 is 0 Å². The summed E-state index contributed by atoms with van der Waals surface area (Å²) in [7, 11) is 0. The van der Waals surface area contributed by atoms with E-state index in [0.717, 1.165) is 12.2 Å². The van der Waals surface area contributed by atoms with Gasteiger partial charge in [-0.3, -0.25) is 0 Å². The van der Waals surface area contributed by atoms with Crippen LogP contribution in [0, 0.1) is 13.8 Å². The molecular formula is C13H15BrN2.